The van der Waals surface area contributed by atoms with Crippen molar-refractivity contribution in [3.63, 3.8) is 0 Å². The molecule has 168 valence electrons. The smallest absolute Gasteiger partial charge is 0.181 e. The van der Waals surface area contributed by atoms with Gasteiger partial charge in [-0.25, -0.2) is 9.67 Å². The molecule has 2 aliphatic carbocycles. The molecule has 0 amide bonds. The highest BCUT2D eigenvalue weighted by atomic mass is 32.1. The molecule has 0 aliphatic heterocycles. The number of rotatable bonds is 7. The summed E-state index contributed by atoms with van der Waals surface area (Å²) in [7, 11) is 0. The van der Waals surface area contributed by atoms with E-state index in [9.17, 15) is 0 Å². The van der Waals surface area contributed by atoms with Crippen LogP contribution in [0.2, 0.25) is 0 Å². The Morgan fingerprint density at radius 3 is 2.48 bits per heavy atom. The molecule has 2 aliphatic rings. The van der Waals surface area contributed by atoms with E-state index in [1.165, 1.54) is 36.8 Å². The number of aryl methyl sites for hydroxylation is 1. The Labute approximate surface area is 197 Å². The largest absolute Gasteiger partial charge is 0.486 e. The predicted octanol–water partition coefficient (Wildman–Crippen LogP) is 5.50. The van der Waals surface area contributed by atoms with Crippen LogP contribution in [0.3, 0.4) is 0 Å². The SMILES string of the molecule is CCn1nnnc1-c1ccc([C@@]2(c3ccc(OCc4nccs4)cc3)C[C@@H]3CC[C@H]2C3)cc1. The van der Waals surface area contributed by atoms with Crippen LogP contribution in [0.4, 0.5) is 0 Å². The molecule has 7 heteroatoms. The van der Waals surface area contributed by atoms with Crippen molar-refractivity contribution in [3.05, 3.63) is 76.2 Å². The summed E-state index contributed by atoms with van der Waals surface area (Å²) in [6, 6.07) is 17.8. The Balaban J connectivity index is 1.31. The van der Waals surface area contributed by atoms with Crippen LogP contribution in [-0.4, -0.2) is 25.2 Å². The molecule has 33 heavy (non-hydrogen) atoms. The Morgan fingerprint density at radius 1 is 1.06 bits per heavy atom. The topological polar surface area (TPSA) is 65.7 Å². The number of aromatic nitrogens is 5. The molecule has 2 heterocycles. The van der Waals surface area contributed by atoms with Crippen LogP contribution in [0.15, 0.2) is 60.1 Å². The third-order valence-electron chi connectivity index (χ3n) is 7.55. The summed E-state index contributed by atoms with van der Waals surface area (Å²) >= 11 is 1.62. The van der Waals surface area contributed by atoms with Gasteiger partial charge in [0.2, 0.25) is 0 Å². The Bertz CT molecular complexity index is 1220. The molecule has 0 N–H and O–H groups in total. The number of tetrazole rings is 1. The number of nitrogens with zero attached hydrogens (tertiary/aromatic N) is 5. The second-order valence-corrected chi connectivity index (χ2v) is 10.2. The van der Waals surface area contributed by atoms with E-state index in [2.05, 4.69) is 76.0 Å². The third-order valence-corrected chi connectivity index (χ3v) is 8.31. The molecule has 4 aromatic rings. The van der Waals surface area contributed by atoms with Crippen molar-refractivity contribution in [3.8, 4) is 17.1 Å². The van der Waals surface area contributed by atoms with Crippen LogP contribution >= 0.6 is 11.3 Å². The van der Waals surface area contributed by atoms with Crippen molar-refractivity contribution in [2.45, 2.75) is 51.2 Å². The molecule has 0 radical (unpaired) electrons. The monoisotopic (exact) mass is 457 g/mol. The predicted molar refractivity (Wildman–Crippen MR) is 128 cm³/mol. The first-order valence-electron chi connectivity index (χ1n) is 11.7. The molecule has 2 bridgehead atoms. The summed E-state index contributed by atoms with van der Waals surface area (Å²) < 4.78 is 7.81. The first-order valence-corrected chi connectivity index (χ1v) is 12.6. The van der Waals surface area contributed by atoms with Gasteiger partial charge in [-0.3, -0.25) is 0 Å². The number of ether oxygens (including phenoxy) is 1. The first-order chi connectivity index (χ1) is 16.3. The average molecular weight is 458 g/mol. The zero-order valence-electron chi connectivity index (χ0n) is 18.7. The standard InChI is InChI=1S/C26H27N5OS/c1-2-31-25(28-29-30-31)19-4-7-20(8-5-19)26(16-18-3-6-22(26)15-18)21-9-11-23(12-10-21)32-17-24-27-13-14-33-24/h4-5,7-14,18,22H,2-3,6,15-17H2,1H3/t18-,22+,26-/m1/s1. The summed E-state index contributed by atoms with van der Waals surface area (Å²) in [5, 5.41) is 15.1. The van der Waals surface area contributed by atoms with Gasteiger partial charge in [-0.2, -0.15) is 0 Å². The zero-order chi connectivity index (χ0) is 22.3. The minimum atomic E-state index is 0.0754. The van der Waals surface area contributed by atoms with Gasteiger partial charge in [-0.1, -0.05) is 42.8 Å². The van der Waals surface area contributed by atoms with E-state index in [0.29, 0.717) is 12.5 Å². The van der Waals surface area contributed by atoms with Crippen molar-refractivity contribution in [1.82, 2.24) is 25.2 Å². The van der Waals surface area contributed by atoms with E-state index in [4.69, 9.17) is 4.74 Å². The highest BCUT2D eigenvalue weighted by molar-refractivity contribution is 7.09. The van der Waals surface area contributed by atoms with Crippen LogP contribution in [0.25, 0.3) is 11.4 Å². The fourth-order valence-electron chi connectivity index (χ4n) is 6.06. The Morgan fingerprint density at radius 2 is 1.85 bits per heavy atom. The van der Waals surface area contributed by atoms with Gasteiger partial charge in [-0.05, 0) is 71.7 Å². The molecule has 2 aromatic heterocycles. The van der Waals surface area contributed by atoms with Gasteiger partial charge in [0.1, 0.15) is 17.4 Å². The molecule has 3 atom stereocenters. The molecule has 6 nitrogen and oxygen atoms in total. The van der Waals surface area contributed by atoms with Gasteiger partial charge in [0.15, 0.2) is 5.82 Å². The normalized spacial score (nSPS) is 23.8. The minimum absolute atomic E-state index is 0.0754. The van der Waals surface area contributed by atoms with Gasteiger partial charge in [-0.15, -0.1) is 16.4 Å². The van der Waals surface area contributed by atoms with Crippen molar-refractivity contribution < 1.29 is 4.74 Å². The third kappa shape index (κ3) is 3.55. The summed E-state index contributed by atoms with van der Waals surface area (Å²) in [5.74, 6) is 3.24. The lowest BCUT2D eigenvalue weighted by Crippen LogP contribution is -2.34. The molecular weight excluding hydrogens is 430 g/mol. The molecule has 2 aromatic carbocycles. The van der Waals surface area contributed by atoms with Crippen LogP contribution in [0.1, 0.15) is 48.7 Å². The lowest BCUT2D eigenvalue weighted by atomic mass is 9.64. The molecule has 0 saturated heterocycles. The van der Waals surface area contributed by atoms with Crippen LogP contribution in [0, 0.1) is 11.8 Å². The quantitative estimate of drug-likeness (QED) is 0.367. The highest BCUT2D eigenvalue weighted by Crippen LogP contribution is 2.60. The number of benzene rings is 2. The van der Waals surface area contributed by atoms with Gasteiger partial charge < -0.3 is 4.74 Å². The average Bonchev–Trinajstić information content (AvgIpc) is 3.67. The summed E-state index contributed by atoms with van der Waals surface area (Å²) in [5.41, 5.74) is 3.95. The maximum absolute atomic E-state index is 5.97. The van der Waals surface area contributed by atoms with Gasteiger partial charge in [0, 0.05) is 29.1 Å². The number of hydrogen-bond acceptors (Lipinski definition) is 6. The van der Waals surface area contributed by atoms with Crippen LogP contribution in [-0.2, 0) is 18.6 Å². The van der Waals surface area contributed by atoms with Crippen molar-refractivity contribution in [2.75, 3.05) is 0 Å². The molecule has 0 spiro atoms. The number of hydrogen-bond donors (Lipinski definition) is 0. The maximum atomic E-state index is 5.97. The summed E-state index contributed by atoms with van der Waals surface area (Å²) in [6.45, 7) is 3.34. The highest BCUT2D eigenvalue weighted by Gasteiger charge is 2.52. The van der Waals surface area contributed by atoms with Crippen molar-refractivity contribution in [1.29, 1.82) is 0 Å². The van der Waals surface area contributed by atoms with Crippen molar-refractivity contribution >= 4 is 11.3 Å². The van der Waals surface area contributed by atoms with Gasteiger partial charge in [0.05, 0.1) is 0 Å². The minimum Gasteiger partial charge on any atom is -0.486 e. The zero-order valence-corrected chi connectivity index (χ0v) is 19.5. The number of fused-ring (bicyclic) bond motifs is 2. The molecule has 6 rings (SSSR count). The first kappa shape index (κ1) is 20.5. The fourth-order valence-corrected chi connectivity index (χ4v) is 6.59. The number of thiazole rings is 1. The van der Waals surface area contributed by atoms with E-state index >= 15 is 0 Å². The van der Waals surface area contributed by atoms with E-state index in [0.717, 1.165) is 34.6 Å². The van der Waals surface area contributed by atoms with Gasteiger partial charge >= 0.3 is 0 Å². The maximum Gasteiger partial charge on any atom is 0.181 e. The molecule has 2 fully saturated rings. The summed E-state index contributed by atoms with van der Waals surface area (Å²) in [6.07, 6.45) is 7.05. The van der Waals surface area contributed by atoms with Crippen molar-refractivity contribution in [2.24, 2.45) is 11.8 Å². The Kier molecular flexibility index (Phi) is 5.21. The van der Waals surface area contributed by atoms with E-state index < -0.39 is 0 Å². The summed E-state index contributed by atoms with van der Waals surface area (Å²) in [4.78, 5) is 4.30. The van der Waals surface area contributed by atoms with Crippen LogP contribution in [0.5, 0.6) is 5.75 Å². The molecule has 2 saturated carbocycles. The second-order valence-electron chi connectivity index (χ2n) is 9.19. The van der Waals surface area contributed by atoms with E-state index in [1.54, 1.807) is 11.3 Å². The fraction of sp³-hybridized carbons (Fsp3) is 0.385. The van der Waals surface area contributed by atoms with E-state index in [1.807, 2.05) is 16.3 Å². The lowest BCUT2D eigenvalue weighted by molar-refractivity contribution is 0.303. The second kappa shape index (κ2) is 8.37. The Hall–Kier alpha value is -3.06. The van der Waals surface area contributed by atoms with Crippen LogP contribution < -0.4 is 4.74 Å². The molecular formula is C26H27N5OS. The van der Waals surface area contributed by atoms with E-state index in [-0.39, 0.29) is 5.41 Å². The van der Waals surface area contributed by atoms with Gasteiger partial charge in [0.25, 0.3) is 0 Å². The molecule has 0 unspecified atom stereocenters. The lowest BCUT2D eigenvalue weighted by Gasteiger charge is -2.39.